The molecule has 0 bridgehead atoms. The van der Waals surface area contributed by atoms with Gasteiger partial charge in [0.05, 0.1) is 12.1 Å². The Hall–Kier alpha value is -2.38. The minimum atomic E-state index is -4.86. The molecule has 2 rings (SSSR count). The van der Waals surface area contributed by atoms with Crippen LogP contribution in [-0.4, -0.2) is 23.0 Å². The Kier molecular flexibility index (Phi) is 4.20. The molecule has 1 heterocycles. The van der Waals surface area contributed by atoms with Gasteiger partial charge in [0.2, 0.25) is 0 Å². The van der Waals surface area contributed by atoms with Crippen molar-refractivity contribution in [2.75, 3.05) is 7.05 Å². The maximum atomic E-state index is 13.2. The molecule has 4 nitrogen and oxygen atoms in total. The number of aryl methyl sites for hydroxylation is 1. The third-order valence-corrected chi connectivity index (χ3v) is 2.94. The van der Waals surface area contributed by atoms with Crippen molar-refractivity contribution in [3.05, 3.63) is 52.7 Å². The van der Waals surface area contributed by atoms with Gasteiger partial charge < -0.3 is 9.42 Å². The summed E-state index contributed by atoms with van der Waals surface area (Å²) in [6.07, 6.45) is -4.86. The van der Waals surface area contributed by atoms with Gasteiger partial charge in [-0.1, -0.05) is 5.16 Å². The first-order valence-corrected chi connectivity index (χ1v) is 6.23. The van der Waals surface area contributed by atoms with Crippen LogP contribution in [0, 0.1) is 12.7 Å². The number of nitrogens with zero attached hydrogens (tertiary/aromatic N) is 2. The molecule has 0 radical (unpaired) electrons. The van der Waals surface area contributed by atoms with Gasteiger partial charge in [-0.15, -0.1) is 0 Å². The summed E-state index contributed by atoms with van der Waals surface area (Å²) < 4.78 is 56.0. The van der Waals surface area contributed by atoms with Crippen molar-refractivity contribution in [1.82, 2.24) is 10.1 Å². The predicted octanol–water partition coefficient (Wildman–Crippen LogP) is 3.41. The molecular weight excluding hydrogens is 304 g/mol. The van der Waals surface area contributed by atoms with Gasteiger partial charge in [-0.05, 0) is 25.1 Å². The fourth-order valence-corrected chi connectivity index (χ4v) is 1.90. The molecule has 1 amide bonds. The van der Waals surface area contributed by atoms with Crippen LogP contribution < -0.4 is 0 Å². The van der Waals surface area contributed by atoms with Crippen molar-refractivity contribution in [1.29, 1.82) is 0 Å². The Morgan fingerprint density at radius 2 is 2.00 bits per heavy atom. The van der Waals surface area contributed by atoms with E-state index in [1.165, 1.54) is 11.9 Å². The van der Waals surface area contributed by atoms with Gasteiger partial charge in [0.1, 0.15) is 17.3 Å². The largest absolute Gasteiger partial charge is 0.419 e. The summed E-state index contributed by atoms with van der Waals surface area (Å²) in [7, 11) is 1.41. The average molecular weight is 316 g/mol. The van der Waals surface area contributed by atoms with Crippen LogP contribution in [0.4, 0.5) is 17.6 Å². The van der Waals surface area contributed by atoms with Crippen molar-refractivity contribution in [3.63, 3.8) is 0 Å². The second kappa shape index (κ2) is 5.78. The zero-order valence-corrected chi connectivity index (χ0v) is 11.7. The molecule has 0 aliphatic rings. The number of amides is 1. The van der Waals surface area contributed by atoms with Gasteiger partial charge in [-0.25, -0.2) is 4.39 Å². The molecule has 22 heavy (non-hydrogen) atoms. The lowest BCUT2D eigenvalue weighted by molar-refractivity contribution is -0.140. The number of hydrogen-bond donors (Lipinski definition) is 0. The molecule has 2 aromatic rings. The molecule has 0 fully saturated rings. The first-order chi connectivity index (χ1) is 10.2. The highest BCUT2D eigenvalue weighted by Crippen LogP contribution is 2.32. The number of halogens is 4. The molecule has 1 aromatic carbocycles. The zero-order chi connectivity index (χ0) is 16.5. The molecule has 8 heteroatoms. The lowest BCUT2D eigenvalue weighted by atomic mass is 10.1. The van der Waals surface area contributed by atoms with E-state index in [0.717, 1.165) is 6.07 Å². The molecular formula is C14H12F4N2O2. The van der Waals surface area contributed by atoms with Crippen LogP contribution >= 0.6 is 0 Å². The smallest absolute Gasteiger partial charge is 0.361 e. The van der Waals surface area contributed by atoms with Crippen molar-refractivity contribution >= 4 is 5.91 Å². The van der Waals surface area contributed by atoms with Crippen molar-refractivity contribution in [2.24, 2.45) is 0 Å². The van der Waals surface area contributed by atoms with E-state index < -0.39 is 23.5 Å². The van der Waals surface area contributed by atoms with Gasteiger partial charge in [0.15, 0.2) is 0 Å². The van der Waals surface area contributed by atoms with E-state index in [2.05, 4.69) is 5.16 Å². The van der Waals surface area contributed by atoms with Crippen molar-refractivity contribution in [2.45, 2.75) is 19.6 Å². The summed E-state index contributed by atoms with van der Waals surface area (Å²) in [6.45, 7) is 1.74. The third-order valence-electron chi connectivity index (χ3n) is 2.94. The molecule has 0 saturated heterocycles. The molecule has 1 aromatic heterocycles. The number of rotatable bonds is 3. The van der Waals surface area contributed by atoms with Crippen LogP contribution in [-0.2, 0) is 12.7 Å². The van der Waals surface area contributed by atoms with Crippen LogP contribution in [0.15, 0.2) is 28.8 Å². The van der Waals surface area contributed by atoms with E-state index >= 15 is 0 Å². The standard InChI is InChI=1S/C14H12F4N2O2/c1-8-5-10(19-22-8)7-20(2)13(21)9-3-4-12(15)11(6-9)14(16,17)18/h3-6H,7H2,1-2H3. The number of benzene rings is 1. The minimum absolute atomic E-state index is 0.0644. The Labute approximate surface area is 123 Å². The SMILES string of the molecule is Cc1cc(CN(C)C(=O)c2ccc(F)c(C(F)(F)F)c2)no1. The second-order valence-corrected chi connectivity index (χ2v) is 4.78. The minimum Gasteiger partial charge on any atom is -0.361 e. The summed E-state index contributed by atoms with van der Waals surface area (Å²) in [6, 6.07) is 3.75. The van der Waals surface area contributed by atoms with E-state index in [4.69, 9.17) is 4.52 Å². The monoisotopic (exact) mass is 316 g/mol. The molecule has 0 unspecified atom stereocenters. The van der Waals surface area contributed by atoms with Crippen LogP contribution in [0.5, 0.6) is 0 Å². The van der Waals surface area contributed by atoms with Gasteiger partial charge in [-0.3, -0.25) is 4.79 Å². The topological polar surface area (TPSA) is 46.3 Å². The third kappa shape index (κ3) is 3.44. The fourth-order valence-electron chi connectivity index (χ4n) is 1.90. The molecule has 0 spiro atoms. The van der Waals surface area contributed by atoms with Gasteiger partial charge >= 0.3 is 6.18 Å². The predicted molar refractivity (Wildman–Crippen MR) is 68.4 cm³/mol. The number of alkyl halides is 3. The summed E-state index contributed by atoms with van der Waals surface area (Å²) in [5.41, 5.74) is -1.26. The van der Waals surface area contributed by atoms with Crippen LogP contribution in [0.2, 0.25) is 0 Å². The average Bonchev–Trinajstić information content (AvgIpc) is 2.82. The van der Waals surface area contributed by atoms with E-state index in [1.54, 1.807) is 13.0 Å². The molecule has 0 atom stereocenters. The van der Waals surface area contributed by atoms with Crippen LogP contribution in [0.3, 0.4) is 0 Å². The molecule has 0 saturated carbocycles. The Bertz CT molecular complexity index is 694. The van der Waals surface area contributed by atoms with Crippen LogP contribution in [0.25, 0.3) is 0 Å². The number of carbonyl (C=O) groups excluding carboxylic acids is 1. The lowest BCUT2D eigenvalue weighted by Gasteiger charge is -2.17. The maximum Gasteiger partial charge on any atom is 0.419 e. The molecule has 0 aliphatic carbocycles. The Balaban J connectivity index is 2.22. The second-order valence-electron chi connectivity index (χ2n) is 4.78. The van der Waals surface area contributed by atoms with Crippen molar-refractivity contribution < 1.29 is 26.9 Å². The summed E-state index contributed by atoms with van der Waals surface area (Å²) in [5, 5.41) is 3.69. The zero-order valence-electron chi connectivity index (χ0n) is 11.7. The van der Waals surface area contributed by atoms with Gasteiger partial charge in [0, 0.05) is 18.7 Å². The summed E-state index contributed by atoms with van der Waals surface area (Å²) >= 11 is 0. The lowest BCUT2D eigenvalue weighted by Crippen LogP contribution is -2.26. The van der Waals surface area contributed by atoms with Gasteiger partial charge in [-0.2, -0.15) is 13.2 Å². The first kappa shape index (κ1) is 16.0. The maximum absolute atomic E-state index is 13.2. The summed E-state index contributed by atoms with van der Waals surface area (Å²) in [4.78, 5) is 13.3. The van der Waals surface area contributed by atoms with E-state index in [9.17, 15) is 22.4 Å². The highest BCUT2D eigenvalue weighted by molar-refractivity contribution is 5.94. The first-order valence-electron chi connectivity index (χ1n) is 6.23. The quantitative estimate of drug-likeness (QED) is 0.815. The number of hydrogen-bond acceptors (Lipinski definition) is 3. The highest BCUT2D eigenvalue weighted by atomic mass is 19.4. The normalized spacial score (nSPS) is 11.5. The summed E-state index contributed by atoms with van der Waals surface area (Å²) in [5.74, 6) is -1.54. The number of carbonyl (C=O) groups is 1. The van der Waals surface area contributed by atoms with E-state index in [1.807, 2.05) is 0 Å². The van der Waals surface area contributed by atoms with Crippen LogP contribution in [0.1, 0.15) is 27.4 Å². The van der Waals surface area contributed by atoms with E-state index in [0.29, 0.717) is 23.6 Å². The Morgan fingerprint density at radius 3 is 2.55 bits per heavy atom. The van der Waals surface area contributed by atoms with E-state index in [-0.39, 0.29) is 12.1 Å². The fraction of sp³-hybridized carbons (Fsp3) is 0.286. The molecule has 0 aliphatic heterocycles. The number of aromatic nitrogens is 1. The molecule has 118 valence electrons. The van der Waals surface area contributed by atoms with Crippen molar-refractivity contribution in [3.8, 4) is 0 Å². The van der Waals surface area contributed by atoms with Gasteiger partial charge in [0.25, 0.3) is 5.91 Å². The Morgan fingerprint density at radius 1 is 1.32 bits per heavy atom. The molecule has 0 N–H and O–H groups in total. The highest BCUT2D eigenvalue weighted by Gasteiger charge is 2.34.